The van der Waals surface area contributed by atoms with Crippen LogP contribution >= 0.6 is 22.7 Å². The lowest BCUT2D eigenvalue weighted by Gasteiger charge is -2.20. The lowest BCUT2D eigenvalue weighted by molar-refractivity contribution is -0.158. The molecule has 3 heterocycles. The molecule has 0 fully saturated rings. The summed E-state index contributed by atoms with van der Waals surface area (Å²) in [4.78, 5) is 36.4. The predicted octanol–water partition coefficient (Wildman–Crippen LogP) is 4.45. The highest BCUT2D eigenvalue weighted by Gasteiger charge is 2.24. The average molecular weight is 456 g/mol. The minimum Gasteiger partial charge on any atom is -0.452 e. The van der Waals surface area contributed by atoms with Crippen molar-refractivity contribution in [2.75, 3.05) is 7.05 Å². The number of esters is 1. The van der Waals surface area contributed by atoms with Gasteiger partial charge in [0.05, 0.1) is 33.8 Å². The third-order valence-electron chi connectivity index (χ3n) is 4.68. The Morgan fingerprint density at radius 2 is 2.00 bits per heavy atom. The summed E-state index contributed by atoms with van der Waals surface area (Å²) >= 11 is 3.05. The SMILES string of the molecule is Cc1oc(-c2cccs2)nc1CC(=O)OC(C)C(=O)N(C)Cc1nc2ccccc2s1. The number of fused-ring (bicyclic) bond motifs is 1. The van der Waals surface area contributed by atoms with Crippen LogP contribution in [0.2, 0.25) is 0 Å². The molecule has 9 heteroatoms. The van der Waals surface area contributed by atoms with E-state index >= 15 is 0 Å². The summed E-state index contributed by atoms with van der Waals surface area (Å²) in [5.41, 5.74) is 1.42. The monoisotopic (exact) mass is 455 g/mol. The molecule has 160 valence electrons. The van der Waals surface area contributed by atoms with Crippen molar-refractivity contribution in [3.63, 3.8) is 0 Å². The molecule has 0 bridgehead atoms. The van der Waals surface area contributed by atoms with Crippen LogP contribution in [0.5, 0.6) is 0 Å². The number of aromatic nitrogens is 2. The highest BCUT2D eigenvalue weighted by Crippen LogP contribution is 2.26. The number of oxazole rings is 1. The molecule has 0 aliphatic rings. The molecule has 0 radical (unpaired) electrons. The fourth-order valence-corrected chi connectivity index (χ4v) is 4.77. The molecule has 3 aromatic heterocycles. The van der Waals surface area contributed by atoms with E-state index in [0.29, 0.717) is 23.9 Å². The maximum Gasteiger partial charge on any atom is 0.312 e. The van der Waals surface area contributed by atoms with Crippen molar-refractivity contribution in [2.24, 2.45) is 0 Å². The van der Waals surface area contributed by atoms with Gasteiger partial charge in [0.1, 0.15) is 10.8 Å². The van der Waals surface area contributed by atoms with Gasteiger partial charge >= 0.3 is 5.97 Å². The molecule has 1 atom stereocenters. The number of thiophene rings is 1. The number of para-hydroxylation sites is 1. The fourth-order valence-electron chi connectivity index (χ4n) is 3.10. The van der Waals surface area contributed by atoms with Crippen LogP contribution in [0.3, 0.4) is 0 Å². The zero-order valence-electron chi connectivity index (χ0n) is 17.3. The number of amides is 1. The number of hydrogen-bond acceptors (Lipinski definition) is 8. The maximum absolute atomic E-state index is 12.7. The number of carbonyl (C=O) groups excluding carboxylic acids is 2. The number of carbonyl (C=O) groups is 2. The lowest BCUT2D eigenvalue weighted by Crippen LogP contribution is -2.37. The first-order valence-corrected chi connectivity index (χ1v) is 11.4. The van der Waals surface area contributed by atoms with E-state index in [2.05, 4.69) is 9.97 Å². The van der Waals surface area contributed by atoms with E-state index in [0.717, 1.165) is 20.1 Å². The molecular formula is C22H21N3O4S2. The smallest absolute Gasteiger partial charge is 0.312 e. The van der Waals surface area contributed by atoms with Crippen LogP contribution in [-0.4, -0.2) is 39.9 Å². The van der Waals surface area contributed by atoms with Gasteiger partial charge in [-0.2, -0.15) is 0 Å². The summed E-state index contributed by atoms with van der Waals surface area (Å²) in [5, 5.41) is 2.76. The van der Waals surface area contributed by atoms with Crippen molar-refractivity contribution in [3.05, 3.63) is 58.2 Å². The summed E-state index contributed by atoms with van der Waals surface area (Å²) in [6, 6.07) is 11.6. The van der Waals surface area contributed by atoms with E-state index in [1.165, 1.54) is 16.2 Å². The molecule has 4 rings (SSSR count). The van der Waals surface area contributed by atoms with E-state index in [-0.39, 0.29) is 12.3 Å². The van der Waals surface area contributed by atoms with Crippen LogP contribution in [0, 0.1) is 6.92 Å². The zero-order chi connectivity index (χ0) is 22.0. The van der Waals surface area contributed by atoms with Crippen molar-refractivity contribution >= 4 is 44.8 Å². The fraction of sp³-hybridized carbons (Fsp3) is 0.273. The number of rotatable bonds is 7. The van der Waals surface area contributed by atoms with Crippen LogP contribution in [0.15, 0.2) is 46.2 Å². The molecule has 7 nitrogen and oxygen atoms in total. The van der Waals surface area contributed by atoms with Crippen molar-refractivity contribution < 1.29 is 18.7 Å². The highest BCUT2D eigenvalue weighted by molar-refractivity contribution is 7.18. The summed E-state index contributed by atoms with van der Waals surface area (Å²) in [6.45, 7) is 3.68. The topological polar surface area (TPSA) is 85.5 Å². The average Bonchev–Trinajstić information content (AvgIpc) is 3.47. The normalized spacial score (nSPS) is 12.1. The molecule has 0 saturated carbocycles. The number of thiazole rings is 1. The van der Waals surface area contributed by atoms with Gasteiger partial charge in [0.2, 0.25) is 5.89 Å². The van der Waals surface area contributed by atoms with Crippen molar-refractivity contribution in [1.82, 2.24) is 14.9 Å². The largest absolute Gasteiger partial charge is 0.452 e. The van der Waals surface area contributed by atoms with Crippen LogP contribution in [-0.2, 0) is 27.3 Å². The van der Waals surface area contributed by atoms with Gasteiger partial charge in [-0.1, -0.05) is 18.2 Å². The molecule has 0 saturated heterocycles. The van der Waals surface area contributed by atoms with Crippen molar-refractivity contribution in [1.29, 1.82) is 0 Å². The molecule has 0 N–H and O–H groups in total. The van der Waals surface area contributed by atoms with Gasteiger partial charge in [-0.3, -0.25) is 9.59 Å². The van der Waals surface area contributed by atoms with Gasteiger partial charge < -0.3 is 14.1 Å². The van der Waals surface area contributed by atoms with Crippen LogP contribution in [0.25, 0.3) is 21.0 Å². The molecule has 4 aromatic rings. The second-order valence-corrected chi connectivity index (χ2v) is 9.14. The third-order valence-corrected chi connectivity index (χ3v) is 6.56. The minimum absolute atomic E-state index is 0.0556. The lowest BCUT2D eigenvalue weighted by atomic mass is 10.2. The van der Waals surface area contributed by atoms with Gasteiger partial charge in [-0.05, 0) is 37.4 Å². The summed E-state index contributed by atoms with van der Waals surface area (Å²) < 4.78 is 12.1. The van der Waals surface area contributed by atoms with E-state index in [1.807, 2.05) is 41.8 Å². The molecular weight excluding hydrogens is 434 g/mol. The number of aryl methyl sites for hydroxylation is 1. The van der Waals surface area contributed by atoms with Crippen LogP contribution in [0.1, 0.15) is 23.4 Å². The number of nitrogens with zero attached hydrogens (tertiary/aromatic N) is 3. The highest BCUT2D eigenvalue weighted by atomic mass is 32.1. The van der Waals surface area contributed by atoms with E-state index in [4.69, 9.17) is 9.15 Å². The second kappa shape index (κ2) is 8.99. The van der Waals surface area contributed by atoms with E-state index < -0.39 is 12.1 Å². The number of likely N-dealkylation sites (N-methyl/N-ethyl adjacent to an activating group) is 1. The molecule has 0 aliphatic heterocycles. The van der Waals surface area contributed by atoms with Gasteiger partial charge in [0.15, 0.2) is 6.10 Å². The molecule has 1 aromatic carbocycles. The Bertz CT molecular complexity index is 1180. The number of benzene rings is 1. The molecule has 0 spiro atoms. The molecule has 0 aliphatic carbocycles. The Labute approximate surface area is 187 Å². The Balaban J connectivity index is 1.34. The van der Waals surface area contributed by atoms with Gasteiger partial charge in [-0.25, -0.2) is 9.97 Å². The van der Waals surface area contributed by atoms with Crippen molar-refractivity contribution in [2.45, 2.75) is 32.9 Å². The van der Waals surface area contributed by atoms with Gasteiger partial charge in [-0.15, -0.1) is 22.7 Å². The Morgan fingerprint density at radius 1 is 1.19 bits per heavy atom. The first kappa shape index (κ1) is 21.2. The predicted molar refractivity (Wildman–Crippen MR) is 120 cm³/mol. The number of ether oxygens (including phenoxy) is 1. The summed E-state index contributed by atoms with van der Waals surface area (Å²) in [6.07, 6.45) is -0.962. The summed E-state index contributed by atoms with van der Waals surface area (Å²) in [7, 11) is 1.67. The maximum atomic E-state index is 12.7. The Kier molecular flexibility index (Phi) is 6.15. The third kappa shape index (κ3) is 4.83. The molecule has 1 unspecified atom stereocenters. The van der Waals surface area contributed by atoms with Gasteiger partial charge in [0, 0.05) is 7.05 Å². The molecule has 1 amide bonds. The van der Waals surface area contributed by atoms with Crippen LogP contribution in [0.4, 0.5) is 0 Å². The first-order valence-electron chi connectivity index (χ1n) is 9.70. The minimum atomic E-state index is -0.907. The van der Waals surface area contributed by atoms with E-state index in [9.17, 15) is 9.59 Å². The quantitative estimate of drug-likeness (QED) is 0.383. The summed E-state index contributed by atoms with van der Waals surface area (Å²) in [5.74, 6) is 0.231. The standard InChI is InChI=1S/C22H21N3O4S2/c1-13-16(24-21(29-13)18-9-6-10-30-18)11-20(26)28-14(2)22(27)25(3)12-19-23-15-7-4-5-8-17(15)31-19/h4-10,14H,11-12H2,1-3H3. The first-order chi connectivity index (χ1) is 14.9. The van der Waals surface area contributed by atoms with E-state index in [1.54, 1.807) is 32.2 Å². The Hall–Kier alpha value is -3.04. The number of hydrogen-bond donors (Lipinski definition) is 0. The molecule has 31 heavy (non-hydrogen) atoms. The van der Waals surface area contributed by atoms with Crippen LogP contribution < -0.4 is 0 Å². The second-order valence-electron chi connectivity index (χ2n) is 7.08. The van der Waals surface area contributed by atoms with Gasteiger partial charge in [0.25, 0.3) is 5.91 Å². The zero-order valence-corrected chi connectivity index (χ0v) is 19.0. The van der Waals surface area contributed by atoms with Crippen molar-refractivity contribution in [3.8, 4) is 10.8 Å². The Morgan fingerprint density at radius 3 is 2.74 bits per heavy atom.